The van der Waals surface area contributed by atoms with Crippen molar-refractivity contribution in [3.05, 3.63) is 27.2 Å². The van der Waals surface area contributed by atoms with E-state index in [-0.39, 0.29) is 0 Å². The Bertz CT molecular complexity index is 437. The Balaban J connectivity index is 2.37. The number of nitrogens with one attached hydrogen (secondary N) is 1. The Kier molecular flexibility index (Phi) is 4.33. The summed E-state index contributed by atoms with van der Waals surface area (Å²) in [5, 5.41) is 14.0. The third-order valence-electron chi connectivity index (χ3n) is 3.89. The predicted molar refractivity (Wildman–Crippen MR) is 79.4 cm³/mol. The number of hydrogen-bond donors (Lipinski definition) is 2. The lowest BCUT2D eigenvalue weighted by Gasteiger charge is -2.19. The van der Waals surface area contributed by atoms with Crippen LogP contribution in [0.1, 0.15) is 49.3 Å². The second kappa shape index (κ2) is 5.62. The summed E-state index contributed by atoms with van der Waals surface area (Å²) in [5.74, 6) is 0.844. The van der Waals surface area contributed by atoms with Gasteiger partial charge in [-0.2, -0.15) is 0 Å². The van der Waals surface area contributed by atoms with Gasteiger partial charge in [0.2, 0.25) is 0 Å². The molecule has 100 valence electrons. The minimum Gasteiger partial charge on any atom is -0.507 e. The fourth-order valence-electron chi connectivity index (χ4n) is 2.68. The van der Waals surface area contributed by atoms with E-state index in [0.29, 0.717) is 17.7 Å². The van der Waals surface area contributed by atoms with E-state index in [9.17, 15) is 5.11 Å². The zero-order valence-corrected chi connectivity index (χ0v) is 13.0. The van der Waals surface area contributed by atoms with Gasteiger partial charge in [-0.05, 0) is 61.4 Å². The van der Waals surface area contributed by atoms with Crippen LogP contribution in [0, 0.1) is 6.92 Å². The van der Waals surface area contributed by atoms with Crippen molar-refractivity contribution in [2.45, 2.75) is 52.0 Å². The Morgan fingerprint density at radius 2 is 2.22 bits per heavy atom. The van der Waals surface area contributed by atoms with Crippen LogP contribution in [0.3, 0.4) is 0 Å². The molecule has 0 saturated carbocycles. The van der Waals surface area contributed by atoms with Crippen LogP contribution in [0.15, 0.2) is 10.5 Å². The molecule has 1 unspecified atom stereocenters. The van der Waals surface area contributed by atoms with E-state index in [4.69, 9.17) is 0 Å². The highest BCUT2D eigenvalue weighted by Crippen LogP contribution is 2.37. The SMILES string of the molecule is Cc1c(Br)cc(C(C)C)c(O)c1CC1CCCN1. The van der Waals surface area contributed by atoms with Gasteiger partial charge in [0.25, 0.3) is 0 Å². The average molecular weight is 312 g/mol. The molecule has 1 aliphatic heterocycles. The molecule has 18 heavy (non-hydrogen) atoms. The Labute approximate surface area is 118 Å². The van der Waals surface area contributed by atoms with Crippen molar-refractivity contribution in [1.29, 1.82) is 0 Å². The highest BCUT2D eigenvalue weighted by molar-refractivity contribution is 9.10. The summed E-state index contributed by atoms with van der Waals surface area (Å²) in [5.41, 5.74) is 3.32. The fraction of sp³-hybridized carbons (Fsp3) is 0.600. The number of hydrogen-bond acceptors (Lipinski definition) is 2. The molecule has 0 radical (unpaired) electrons. The van der Waals surface area contributed by atoms with Gasteiger partial charge >= 0.3 is 0 Å². The fourth-order valence-corrected chi connectivity index (χ4v) is 3.16. The first kappa shape index (κ1) is 13.9. The lowest BCUT2D eigenvalue weighted by atomic mass is 9.92. The molecule has 0 spiro atoms. The van der Waals surface area contributed by atoms with Crippen molar-refractivity contribution >= 4 is 15.9 Å². The molecule has 2 nitrogen and oxygen atoms in total. The molecule has 3 heteroatoms. The van der Waals surface area contributed by atoms with Crippen LogP contribution in [0.5, 0.6) is 5.75 Å². The maximum atomic E-state index is 10.5. The highest BCUT2D eigenvalue weighted by atomic mass is 79.9. The average Bonchev–Trinajstić information content (AvgIpc) is 2.81. The quantitative estimate of drug-likeness (QED) is 0.888. The molecule has 1 heterocycles. The van der Waals surface area contributed by atoms with Gasteiger partial charge in [0.1, 0.15) is 5.75 Å². The second-order valence-electron chi connectivity index (χ2n) is 5.55. The Morgan fingerprint density at radius 3 is 2.78 bits per heavy atom. The molecule has 0 aromatic heterocycles. The molecule has 1 saturated heterocycles. The highest BCUT2D eigenvalue weighted by Gasteiger charge is 2.21. The van der Waals surface area contributed by atoms with Crippen molar-refractivity contribution in [2.24, 2.45) is 0 Å². The zero-order valence-electron chi connectivity index (χ0n) is 11.4. The second-order valence-corrected chi connectivity index (χ2v) is 6.41. The molecule has 2 rings (SSSR count). The molecule has 1 atom stereocenters. The first-order valence-corrected chi connectivity index (χ1v) is 7.54. The van der Waals surface area contributed by atoms with Crippen LogP contribution in [-0.2, 0) is 6.42 Å². The van der Waals surface area contributed by atoms with E-state index < -0.39 is 0 Å². The standard InChI is InChI=1S/C15H22BrNO/c1-9(2)12-8-14(16)10(3)13(15(12)18)7-11-5-4-6-17-11/h8-9,11,17-18H,4-7H2,1-3H3. The summed E-state index contributed by atoms with van der Waals surface area (Å²) in [6.45, 7) is 7.43. The zero-order chi connectivity index (χ0) is 13.3. The topological polar surface area (TPSA) is 32.3 Å². The van der Waals surface area contributed by atoms with Gasteiger partial charge < -0.3 is 10.4 Å². The smallest absolute Gasteiger partial charge is 0.122 e. The molecule has 1 aromatic carbocycles. The number of halogens is 1. The summed E-state index contributed by atoms with van der Waals surface area (Å²) in [7, 11) is 0. The molecule has 0 bridgehead atoms. The Hall–Kier alpha value is -0.540. The molecule has 0 aliphatic carbocycles. The normalized spacial score (nSPS) is 19.7. The van der Waals surface area contributed by atoms with Crippen LogP contribution in [-0.4, -0.2) is 17.7 Å². The molecule has 2 N–H and O–H groups in total. The van der Waals surface area contributed by atoms with Crippen LogP contribution in [0.4, 0.5) is 0 Å². The number of benzene rings is 1. The molecule has 1 fully saturated rings. The maximum Gasteiger partial charge on any atom is 0.122 e. The summed E-state index contributed by atoms with van der Waals surface area (Å²) in [4.78, 5) is 0. The number of phenolic OH excluding ortho intramolecular Hbond substituents is 1. The minimum atomic E-state index is 0.345. The lowest BCUT2D eigenvalue weighted by Crippen LogP contribution is -2.24. The van der Waals surface area contributed by atoms with Crippen molar-refractivity contribution in [1.82, 2.24) is 5.32 Å². The minimum absolute atomic E-state index is 0.345. The van der Waals surface area contributed by atoms with E-state index in [1.807, 2.05) is 0 Å². The third-order valence-corrected chi connectivity index (χ3v) is 4.71. The van der Waals surface area contributed by atoms with Gasteiger partial charge in [-0.1, -0.05) is 29.8 Å². The van der Waals surface area contributed by atoms with Crippen LogP contribution in [0.2, 0.25) is 0 Å². The first-order valence-electron chi connectivity index (χ1n) is 6.75. The van der Waals surface area contributed by atoms with Gasteiger partial charge in [0.05, 0.1) is 0 Å². The number of rotatable bonds is 3. The van der Waals surface area contributed by atoms with E-state index in [2.05, 4.69) is 48.1 Å². The van der Waals surface area contributed by atoms with Crippen molar-refractivity contribution in [3.8, 4) is 5.75 Å². The molecule has 1 aromatic rings. The van der Waals surface area contributed by atoms with Gasteiger partial charge in [0.15, 0.2) is 0 Å². The summed E-state index contributed by atoms with van der Waals surface area (Å²) < 4.78 is 1.11. The molecular formula is C15H22BrNO. The molecular weight excluding hydrogens is 290 g/mol. The van der Waals surface area contributed by atoms with Gasteiger partial charge in [-0.3, -0.25) is 0 Å². The predicted octanol–water partition coefficient (Wildman–Crippen LogP) is 3.88. The van der Waals surface area contributed by atoms with Gasteiger partial charge in [-0.25, -0.2) is 0 Å². The monoisotopic (exact) mass is 311 g/mol. The van der Waals surface area contributed by atoms with E-state index in [0.717, 1.165) is 28.6 Å². The summed E-state index contributed by atoms with van der Waals surface area (Å²) >= 11 is 3.62. The van der Waals surface area contributed by atoms with Gasteiger partial charge in [0, 0.05) is 10.5 Å². The number of aromatic hydroxyl groups is 1. The van der Waals surface area contributed by atoms with Crippen molar-refractivity contribution < 1.29 is 5.11 Å². The maximum absolute atomic E-state index is 10.5. The van der Waals surface area contributed by atoms with Crippen LogP contribution >= 0.6 is 15.9 Å². The lowest BCUT2D eigenvalue weighted by molar-refractivity contribution is 0.451. The summed E-state index contributed by atoms with van der Waals surface area (Å²) in [6, 6.07) is 2.57. The first-order chi connectivity index (χ1) is 8.50. The molecule has 0 amide bonds. The van der Waals surface area contributed by atoms with Crippen LogP contribution < -0.4 is 5.32 Å². The third kappa shape index (κ3) is 2.72. The largest absolute Gasteiger partial charge is 0.507 e. The summed E-state index contributed by atoms with van der Waals surface area (Å²) in [6.07, 6.45) is 3.38. The Morgan fingerprint density at radius 1 is 1.50 bits per heavy atom. The van der Waals surface area contributed by atoms with Crippen LogP contribution in [0.25, 0.3) is 0 Å². The van der Waals surface area contributed by atoms with E-state index in [1.54, 1.807) is 0 Å². The van der Waals surface area contributed by atoms with E-state index in [1.165, 1.54) is 18.4 Å². The van der Waals surface area contributed by atoms with Gasteiger partial charge in [-0.15, -0.1) is 0 Å². The van der Waals surface area contributed by atoms with Crippen molar-refractivity contribution in [3.63, 3.8) is 0 Å². The molecule has 1 aliphatic rings. The van der Waals surface area contributed by atoms with E-state index >= 15 is 0 Å². The van der Waals surface area contributed by atoms with Crippen molar-refractivity contribution in [2.75, 3.05) is 6.54 Å². The number of phenols is 1.